The molecule has 0 radical (unpaired) electrons. The molecule has 1 aliphatic heterocycles. The maximum Gasteiger partial charge on any atom is 1.00 e. The van der Waals surface area contributed by atoms with Gasteiger partial charge in [-0.2, -0.15) is 4.98 Å². The van der Waals surface area contributed by atoms with Crippen molar-refractivity contribution in [2.75, 3.05) is 13.1 Å². The topological polar surface area (TPSA) is 102 Å². The van der Waals surface area contributed by atoms with Crippen molar-refractivity contribution >= 4 is 5.97 Å². The first-order valence-corrected chi connectivity index (χ1v) is 11.0. The number of hydrogen-bond donors (Lipinski definition) is 2. The first-order chi connectivity index (χ1) is 16.6. The zero-order valence-electron chi connectivity index (χ0n) is 20.2. The zero-order valence-corrected chi connectivity index (χ0v) is 19.2. The molecule has 2 N–H and O–H groups in total. The minimum atomic E-state index is -1.01. The Balaban J connectivity index is 0.00000180. The quantitative estimate of drug-likeness (QED) is 0.416. The monoisotopic (exact) mass is 467 g/mol. The summed E-state index contributed by atoms with van der Waals surface area (Å²) in [6.07, 6.45) is 5.34. The third kappa shape index (κ3) is 5.43. The molecule has 174 valence electrons. The average Bonchev–Trinajstić information content (AvgIpc) is 3.31. The Labute approximate surface area is 214 Å². The van der Waals surface area contributed by atoms with Gasteiger partial charge in [0.2, 0.25) is 0 Å². The summed E-state index contributed by atoms with van der Waals surface area (Å²) in [4.78, 5) is 24.6. The van der Waals surface area contributed by atoms with E-state index in [1.165, 1.54) is 24.3 Å². The first-order valence-electron chi connectivity index (χ1n) is 11.0. The van der Waals surface area contributed by atoms with Crippen LogP contribution in [0.4, 0.5) is 4.39 Å². The van der Waals surface area contributed by atoms with Gasteiger partial charge < -0.3 is 21.2 Å². The van der Waals surface area contributed by atoms with E-state index < -0.39 is 5.97 Å². The summed E-state index contributed by atoms with van der Waals surface area (Å²) >= 11 is 0. The number of piperidine rings is 1. The van der Waals surface area contributed by atoms with Gasteiger partial charge in [0.1, 0.15) is 11.6 Å². The van der Waals surface area contributed by atoms with E-state index in [4.69, 9.17) is 9.84 Å². The number of carboxylic acids is 1. The van der Waals surface area contributed by atoms with Crippen LogP contribution in [0.5, 0.6) is 11.8 Å². The van der Waals surface area contributed by atoms with Crippen molar-refractivity contribution in [3.63, 3.8) is 0 Å². The molecule has 0 spiro atoms. The van der Waals surface area contributed by atoms with E-state index in [0.29, 0.717) is 17.1 Å². The molecule has 3 heterocycles. The van der Waals surface area contributed by atoms with Gasteiger partial charge in [-0.3, -0.25) is 0 Å². The summed E-state index contributed by atoms with van der Waals surface area (Å²) in [6, 6.07) is 14.4. The second-order valence-corrected chi connectivity index (χ2v) is 7.99. The zero-order chi connectivity index (χ0) is 23.5. The number of aromatic carboxylic acids is 1. The van der Waals surface area contributed by atoms with Gasteiger partial charge in [-0.1, -0.05) is 0 Å². The summed E-state index contributed by atoms with van der Waals surface area (Å²) in [5.41, 5.74) is 3.09. The number of rotatable bonds is 6. The molecule has 1 saturated heterocycles. The number of ether oxygens (including phenoxy) is 1. The largest absolute Gasteiger partial charge is 1.00 e. The summed E-state index contributed by atoms with van der Waals surface area (Å²) in [5, 5.41) is 12.5. The number of aromatic nitrogens is 4. The number of nitrogens with zero attached hydrogens (tertiary/aromatic N) is 4. The summed E-state index contributed by atoms with van der Waals surface area (Å²) in [7, 11) is 0. The fourth-order valence-corrected chi connectivity index (χ4v) is 4.09. The second-order valence-electron chi connectivity index (χ2n) is 7.99. The Kier molecular flexibility index (Phi) is 7.61. The van der Waals surface area contributed by atoms with Gasteiger partial charge >= 0.3 is 30.8 Å². The van der Waals surface area contributed by atoms with Crippen LogP contribution in [0, 0.1) is 5.82 Å². The molecule has 5 rings (SSSR count). The number of nitrogens with one attached hydrogen (secondary N) is 1. The van der Waals surface area contributed by atoms with Crippen molar-refractivity contribution in [3.05, 3.63) is 78.5 Å². The van der Waals surface area contributed by atoms with Gasteiger partial charge in [-0.25, -0.2) is 19.2 Å². The molecule has 1 fully saturated rings. The van der Waals surface area contributed by atoms with Crippen LogP contribution < -0.4 is 28.9 Å². The van der Waals surface area contributed by atoms with Crippen molar-refractivity contribution in [3.8, 4) is 34.4 Å². The summed E-state index contributed by atoms with van der Waals surface area (Å²) in [6.45, 7) is 1.83. The van der Waals surface area contributed by atoms with Gasteiger partial charge in [-0.05, 0) is 80.5 Å². The molecule has 0 bridgehead atoms. The second kappa shape index (κ2) is 10.8. The van der Waals surface area contributed by atoms with E-state index >= 15 is 0 Å². The first kappa shape index (κ1) is 24.6. The molecule has 0 saturated carbocycles. The van der Waals surface area contributed by atoms with Gasteiger partial charge in [0.15, 0.2) is 0 Å². The standard InChI is InChI=1S/C25H22FN5O3.Li.H/c26-18-5-1-16(2-6-18)22-23(31(15-29-22)19-9-12-27-13-10-19)21-11-14-28-25(30-21)34-20-7-3-17(4-8-20)24(32)33;;/h1-8,11,14-15,19,27H,9-10,12-13H2,(H,32,33);;/q;+1;-1. The predicted molar refractivity (Wildman–Crippen MR) is 124 cm³/mol. The number of carbonyl (C=O) groups is 1. The van der Waals surface area contributed by atoms with Gasteiger partial charge in [-0.15, -0.1) is 0 Å². The van der Waals surface area contributed by atoms with Gasteiger partial charge in [0.05, 0.1) is 29.0 Å². The molecule has 0 aliphatic carbocycles. The minimum Gasteiger partial charge on any atom is -1.00 e. The molecule has 2 aromatic heterocycles. The molecular formula is C25H23FLiN5O3. The van der Waals surface area contributed by atoms with Crippen molar-refractivity contribution in [2.45, 2.75) is 18.9 Å². The fraction of sp³-hybridized carbons (Fsp3) is 0.200. The van der Waals surface area contributed by atoms with Crippen molar-refractivity contribution < 1.29 is 39.3 Å². The van der Waals surface area contributed by atoms with Crippen molar-refractivity contribution in [1.82, 2.24) is 24.8 Å². The third-order valence-electron chi connectivity index (χ3n) is 5.80. The van der Waals surface area contributed by atoms with Crippen LogP contribution in [0.2, 0.25) is 0 Å². The molecule has 8 nitrogen and oxygen atoms in total. The summed E-state index contributed by atoms with van der Waals surface area (Å²) in [5.74, 6) is -0.896. The van der Waals surface area contributed by atoms with Crippen LogP contribution in [0.3, 0.4) is 0 Å². The van der Waals surface area contributed by atoms with E-state index in [2.05, 4.69) is 24.8 Å². The Morgan fingerprint density at radius 2 is 1.77 bits per heavy atom. The molecule has 0 amide bonds. The van der Waals surface area contributed by atoms with Crippen molar-refractivity contribution in [2.24, 2.45) is 0 Å². The van der Waals surface area contributed by atoms with E-state index in [1.54, 1.807) is 36.5 Å². The van der Waals surface area contributed by atoms with E-state index in [1.807, 2.05) is 6.33 Å². The molecule has 4 aromatic rings. The van der Waals surface area contributed by atoms with Crippen LogP contribution in [0.1, 0.15) is 30.7 Å². The van der Waals surface area contributed by atoms with E-state index in [-0.39, 0.29) is 43.7 Å². The normalized spacial score (nSPS) is 13.7. The Morgan fingerprint density at radius 1 is 1.06 bits per heavy atom. The smallest absolute Gasteiger partial charge is 1.00 e. The Morgan fingerprint density at radius 3 is 2.46 bits per heavy atom. The number of hydrogen-bond acceptors (Lipinski definition) is 6. The molecule has 0 unspecified atom stereocenters. The molecule has 2 aromatic carbocycles. The Hall–Kier alpha value is -3.51. The third-order valence-corrected chi connectivity index (χ3v) is 5.80. The van der Waals surface area contributed by atoms with Crippen LogP contribution in [-0.2, 0) is 0 Å². The van der Waals surface area contributed by atoms with Crippen LogP contribution in [-0.4, -0.2) is 43.7 Å². The van der Waals surface area contributed by atoms with E-state index in [0.717, 1.165) is 37.2 Å². The molecular weight excluding hydrogens is 444 g/mol. The molecule has 0 atom stereocenters. The molecule has 35 heavy (non-hydrogen) atoms. The molecule has 10 heteroatoms. The SMILES string of the molecule is O=C(O)c1ccc(Oc2nccc(-c3c(-c4ccc(F)cc4)ncn3C3CCNCC3)n2)cc1.[H-].[Li+]. The maximum absolute atomic E-state index is 13.5. The minimum absolute atomic E-state index is 0. The Bertz CT molecular complexity index is 1310. The van der Waals surface area contributed by atoms with Gasteiger partial charge in [0, 0.05) is 17.8 Å². The predicted octanol–water partition coefficient (Wildman–Crippen LogP) is 1.68. The number of imidazole rings is 1. The number of benzene rings is 2. The van der Waals surface area contributed by atoms with Crippen LogP contribution in [0.25, 0.3) is 22.6 Å². The fourth-order valence-electron chi connectivity index (χ4n) is 4.09. The summed E-state index contributed by atoms with van der Waals surface area (Å²) < 4.78 is 21.5. The van der Waals surface area contributed by atoms with Crippen LogP contribution >= 0.6 is 0 Å². The van der Waals surface area contributed by atoms with Crippen molar-refractivity contribution in [1.29, 1.82) is 0 Å². The van der Waals surface area contributed by atoms with E-state index in [9.17, 15) is 9.18 Å². The average molecular weight is 467 g/mol. The van der Waals surface area contributed by atoms with Crippen LogP contribution in [0.15, 0.2) is 67.1 Å². The van der Waals surface area contributed by atoms with Gasteiger partial charge in [0.25, 0.3) is 0 Å². The number of carboxylic acid groups (broad SMARTS) is 1. The molecule has 1 aliphatic rings. The maximum atomic E-state index is 13.5. The number of halogens is 1.